The van der Waals surface area contributed by atoms with Crippen molar-refractivity contribution in [3.63, 3.8) is 0 Å². The lowest BCUT2D eigenvalue weighted by Gasteiger charge is -2.20. The van der Waals surface area contributed by atoms with Gasteiger partial charge in [0.2, 0.25) is 0 Å². The minimum atomic E-state index is 0.521. The van der Waals surface area contributed by atoms with Crippen LogP contribution >= 0.6 is 15.9 Å². The zero-order valence-electron chi connectivity index (χ0n) is 10.3. The molecule has 1 aromatic rings. The van der Waals surface area contributed by atoms with Crippen LogP contribution in [0.3, 0.4) is 0 Å². The van der Waals surface area contributed by atoms with Gasteiger partial charge in [-0.1, -0.05) is 26.0 Å². The third-order valence-electron chi connectivity index (χ3n) is 2.99. The lowest BCUT2D eigenvalue weighted by Crippen LogP contribution is -2.27. The van der Waals surface area contributed by atoms with Gasteiger partial charge < -0.3 is 11.1 Å². The van der Waals surface area contributed by atoms with E-state index in [1.54, 1.807) is 0 Å². The van der Waals surface area contributed by atoms with Gasteiger partial charge in [-0.25, -0.2) is 0 Å². The zero-order valence-corrected chi connectivity index (χ0v) is 11.8. The van der Waals surface area contributed by atoms with E-state index in [0.29, 0.717) is 11.8 Å². The Bertz CT molecular complexity index is 337. The Morgan fingerprint density at radius 1 is 1.38 bits per heavy atom. The fourth-order valence-electron chi connectivity index (χ4n) is 1.62. The zero-order chi connectivity index (χ0) is 12.1. The second-order valence-corrected chi connectivity index (χ2v) is 5.35. The van der Waals surface area contributed by atoms with Gasteiger partial charge in [-0.15, -0.1) is 0 Å². The summed E-state index contributed by atoms with van der Waals surface area (Å²) in [4.78, 5) is 0. The Hall–Kier alpha value is -0.540. The van der Waals surface area contributed by atoms with Gasteiger partial charge in [-0.2, -0.15) is 0 Å². The van der Waals surface area contributed by atoms with Crippen molar-refractivity contribution in [3.8, 4) is 0 Å². The summed E-state index contributed by atoms with van der Waals surface area (Å²) in [6.45, 7) is 8.18. The molecule has 0 bridgehead atoms. The van der Waals surface area contributed by atoms with Crippen molar-refractivity contribution >= 4 is 21.6 Å². The Morgan fingerprint density at radius 2 is 2.06 bits per heavy atom. The molecule has 3 heteroatoms. The summed E-state index contributed by atoms with van der Waals surface area (Å²) in [7, 11) is 0. The monoisotopic (exact) mass is 284 g/mol. The van der Waals surface area contributed by atoms with E-state index in [2.05, 4.69) is 60.2 Å². The Labute approximate surface area is 107 Å². The first-order valence-electron chi connectivity index (χ1n) is 5.75. The van der Waals surface area contributed by atoms with E-state index in [9.17, 15) is 0 Å². The molecule has 3 N–H and O–H groups in total. The first kappa shape index (κ1) is 13.5. The molecule has 0 fully saturated rings. The van der Waals surface area contributed by atoms with E-state index in [-0.39, 0.29) is 0 Å². The van der Waals surface area contributed by atoms with Gasteiger partial charge in [0.05, 0.1) is 0 Å². The quantitative estimate of drug-likeness (QED) is 0.870. The minimum absolute atomic E-state index is 0.521. The second kappa shape index (κ2) is 6.26. The van der Waals surface area contributed by atoms with Crippen molar-refractivity contribution in [2.45, 2.75) is 20.8 Å². The highest BCUT2D eigenvalue weighted by molar-refractivity contribution is 9.10. The molecule has 0 aliphatic carbocycles. The maximum atomic E-state index is 5.75. The predicted molar refractivity (Wildman–Crippen MR) is 74.8 cm³/mol. The average Bonchev–Trinajstić information content (AvgIpc) is 2.24. The van der Waals surface area contributed by atoms with Crippen LogP contribution in [0.15, 0.2) is 22.7 Å². The molecule has 0 amide bonds. The van der Waals surface area contributed by atoms with Crippen LogP contribution in [0.1, 0.15) is 19.4 Å². The van der Waals surface area contributed by atoms with Crippen LogP contribution in [0.2, 0.25) is 0 Å². The maximum Gasteiger partial charge on any atom is 0.0487 e. The Morgan fingerprint density at radius 3 is 2.62 bits per heavy atom. The largest absolute Gasteiger partial charge is 0.384 e. The third kappa shape index (κ3) is 3.49. The number of rotatable bonds is 5. The highest BCUT2D eigenvalue weighted by Gasteiger charge is 2.11. The highest BCUT2D eigenvalue weighted by Crippen LogP contribution is 2.26. The molecule has 90 valence electrons. The molecular formula is C13H21BrN2. The molecular weight excluding hydrogens is 264 g/mol. The van der Waals surface area contributed by atoms with Crippen molar-refractivity contribution in [1.82, 2.24) is 0 Å². The van der Waals surface area contributed by atoms with E-state index in [1.165, 1.54) is 5.56 Å². The highest BCUT2D eigenvalue weighted by atomic mass is 79.9. The van der Waals surface area contributed by atoms with Crippen molar-refractivity contribution in [3.05, 3.63) is 28.2 Å². The van der Waals surface area contributed by atoms with E-state index in [4.69, 9.17) is 5.73 Å². The first-order chi connectivity index (χ1) is 7.56. The number of aryl methyl sites for hydroxylation is 1. The Balaban J connectivity index is 2.64. The summed E-state index contributed by atoms with van der Waals surface area (Å²) in [5.41, 5.74) is 8.15. The van der Waals surface area contributed by atoms with Gasteiger partial charge in [-0.3, -0.25) is 0 Å². The van der Waals surface area contributed by atoms with Crippen LogP contribution < -0.4 is 11.1 Å². The van der Waals surface area contributed by atoms with Crippen molar-refractivity contribution in [2.75, 3.05) is 18.4 Å². The summed E-state index contributed by atoms with van der Waals surface area (Å²) in [6.07, 6.45) is 0. The van der Waals surface area contributed by atoms with Gasteiger partial charge in [0.25, 0.3) is 0 Å². The van der Waals surface area contributed by atoms with Crippen LogP contribution in [0, 0.1) is 18.8 Å². The number of benzene rings is 1. The molecule has 0 aliphatic rings. The summed E-state index contributed by atoms with van der Waals surface area (Å²) < 4.78 is 1.15. The molecule has 0 spiro atoms. The number of nitrogens with one attached hydrogen (secondary N) is 1. The van der Waals surface area contributed by atoms with Gasteiger partial charge >= 0.3 is 0 Å². The maximum absolute atomic E-state index is 5.75. The summed E-state index contributed by atoms with van der Waals surface area (Å²) in [6, 6.07) is 6.25. The molecule has 1 atom stereocenters. The van der Waals surface area contributed by atoms with Crippen LogP contribution in [0.5, 0.6) is 0 Å². The van der Waals surface area contributed by atoms with E-state index < -0.39 is 0 Å². The summed E-state index contributed by atoms with van der Waals surface area (Å²) in [5.74, 6) is 1.13. The standard InChI is InChI=1S/C13H21BrN2/c1-9(2)11(7-15)8-16-12-6-4-5-10(3)13(12)14/h4-6,9,11,16H,7-8,15H2,1-3H3. The van der Waals surface area contributed by atoms with Crippen molar-refractivity contribution < 1.29 is 0 Å². The molecule has 0 saturated heterocycles. The molecule has 1 rings (SSSR count). The minimum Gasteiger partial charge on any atom is -0.384 e. The molecule has 0 radical (unpaired) electrons. The third-order valence-corrected chi connectivity index (χ3v) is 4.04. The molecule has 2 nitrogen and oxygen atoms in total. The molecule has 16 heavy (non-hydrogen) atoms. The molecule has 1 aromatic carbocycles. The molecule has 1 unspecified atom stereocenters. The lowest BCUT2D eigenvalue weighted by molar-refractivity contribution is 0.413. The number of nitrogens with two attached hydrogens (primary N) is 1. The number of hydrogen-bond donors (Lipinski definition) is 2. The number of hydrogen-bond acceptors (Lipinski definition) is 2. The van der Waals surface area contributed by atoms with E-state index in [0.717, 1.165) is 23.2 Å². The first-order valence-corrected chi connectivity index (χ1v) is 6.54. The van der Waals surface area contributed by atoms with Crippen LogP contribution in [0.4, 0.5) is 5.69 Å². The van der Waals surface area contributed by atoms with Crippen molar-refractivity contribution in [1.29, 1.82) is 0 Å². The topological polar surface area (TPSA) is 38.0 Å². The van der Waals surface area contributed by atoms with Crippen LogP contribution in [-0.2, 0) is 0 Å². The van der Waals surface area contributed by atoms with E-state index >= 15 is 0 Å². The average molecular weight is 285 g/mol. The lowest BCUT2D eigenvalue weighted by atomic mass is 9.96. The summed E-state index contributed by atoms with van der Waals surface area (Å²) in [5, 5.41) is 3.46. The predicted octanol–water partition coefficient (Wildman–Crippen LogP) is 3.40. The summed E-state index contributed by atoms with van der Waals surface area (Å²) >= 11 is 3.60. The second-order valence-electron chi connectivity index (χ2n) is 4.56. The van der Waals surface area contributed by atoms with Gasteiger partial charge in [0.15, 0.2) is 0 Å². The fourth-order valence-corrected chi connectivity index (χ4v) is 2.02. The number of halogens is 1. The van der Waals surface area contributed by atoms with Gasteiger partial charge in [-0.05, 0) is 52.9 Å². The number of anilines is 1. The fraction of sp³-hybridized carbons (Fsp3) is 0.538. The SMILES string of the molecule is Cc1cccc(NCC(CN)C(C)C)c1Br. The van der Waals surface area contributed by atoms with Crippen LogP contribution in [0.25, 0.3) is 0 Å². The molecule has 0 saturated carbocycles. The molecule has 0 aromatic heterocycles. The smallest absolute Gasteiger partial charge is 0.0487 e. The van der Waals surface area contributed by atoms with Crippen molar-refractivity contribution in [2.24, 2.45) is 17.6 Å². The van der Waals surface area contributed by atoms with Crippen LogP contribution in [-0.4, -0.2) is 13.1 Å². The molecule has 0 aliphatic heterocycles. The van der Waals surface area contributed by atoms with E-state index in [1.807, 2.05) is 0 Å². The normalized spacial score (nSPS) is 12.9. The molecule has 0 heterocycles. The Kier molecular flexibility index (Phi) is 5.29. The van der Waals surface area contributed by atoms with Gasteiger partial charge in [0, 0.05) is 16.7 Å². The van der Waals surface area contributed by atoms with Gasteiger partial charge in [0.1, 0.15) is 0 Å².